The van der Waals surface area contributed by atoms with Crippen LogP contribution in [0.1, 0.15) is 258 Å². The Kier molecular flexibility index (Phi) is 41.6. The fourth-order valence-electron chi connectivity index (χ4n) is 7.43. The minimum Gasteiger partial charge on any atom is -0.462 e. The summed E-state index contributed by atoms with van der Waals surface area (Å²) in [6.07, 6.45) is 45.5. The number of unbranched alkanes of at least 4 members (excludes halogenated alkanes) is 29. The Morgan fingerprint density at radius 3 is 1.33 bits per heavy atom. The van der Waals surface area contributed by atoms with Gasteiger partial charge in [-0.25, -0.2) is 0 Å². The van der Waals surface area contributed by atoms with Crippen molar-refractivity contribution in [3.8, 4) is 0 Å². The molecule has 6 nitrogen and oxygen atoms in total. The number of nitrogens with one attached hydrogen (secondary N) is 1. The molecular weight excluding hydrogens is 671 g/mol. The SMILES string of the molecule is CCCCCC/C=C\CCCCCCCC(CC(=O)NC(CO)C(O)CCCCCCCCCCC)OC(=O)CCCCCCCCCCCCCCC. The van der Waals surface area contributed by atoms with Gasteiger partial charge < -0.3 is 20.3 Å². The highest BCUT2D eigenvalue weighted by Crippen LogP contribution is 2.18. The molecule has 6 heteroatoms. The van der Waals surface area contributed by atoms with Gasteiger partial charge in [0.25, 0.3) is 0 Å². The lowest BCUT2D eigenvalue weighted by atomic mass is 10.0. The van der Waals surface area contributed by atoms with E-state index in [2.05, 4.69) is 38.2 Å². The van der Waals surface area contributed by atoms with Crippen LogP contribution in [0.2, 0.25) is 0 Å². The van der Waals surface area contributed by atoms with Crippen molar-refractivity contribution >= 4 is 11.9 Å². The number of ether oxygens (including phenoxy) is 1. The summed E-state index contributed by atoms with van der Waals surface area (Å²) in [7, 11) is 0. The molecule has 0 radical (unpaired) electrons. The van der Waals surface area contributed by atoms with E-state index in [1.807, 2.05) is 0 Å². The number of hydrogen-bond donors (Lipinski definition) is 3. The average Bonchev–Trinajstić information content (AvgIpc) is 3.16. The van der Waals surface area contributed by atoms with Crippen molar-refractivity contribution in [3.05, 3.63) is 12.2 Å². The van der Waals surface area contributed by atoms with Crippen LogP contribution in [0.5, 0.6) is 0 Å². The van der Waals surface area contributed by atoms with E-state index >= 15 is 0 Å². The van der Waals surface area contributed by atoms with Crippen LogP contribution < -0.4 is 5.32 Å². The maximum atomic E-state index is 13.1. The first-order valence-corrected chi connectivity index (χ1v) is 23.9. The molecule has 54 heavy (non-hydrogen) atoms. The van der Waals surface area contributed by atoms with Crippen LogP contribution in [-0.4, -0.2) is 46.9 Å². The Hall–Kier alpha value is -1.40. The van der Waals surface area contributed by atoms with E-state index in [1.54, 1.807) is 0 Å². The quantitative estimate of drug-likeness (QED) is 0.0326. The van der Waals surface area contributed by atoms with Crippen LogP contribution in [0.15, 0.2) is 12.2 Å². The van der Waals surface area contributed by atoms with Crippen molar-refractivity contribution in [3.63, 3.8) is 0 Å². The molecule has 0 saturated carbocycles. The molecule has 3 N–H and O–H groups in total. The van der Waals surface area contributed by atoms with E-state index in [4.69, 9.17) is 4.74 Å². The molecule has 320 valence electrons. The van der Waals surface area contributed by atoms with Gasteiger partial charge in [0, 0.05) is 6.42 Å². The highest BCUT2D eigenvalue weighted by atomic mass is 16.5. The second-order valence-corrected chi connectivity index (χ2v) is 16.5. The number of allylic oxidation sites excluding steroid dienone is 2. The molecule has 0 aromatic carbocycles. The predicted octanol–water partition coefficient (Wildman–Crippen LogP) is 13.8. The molecule has 3 atom stereocenters. The molecule has 3 unspecified atom stereocenters. The normalized spacial score (nSPS) is 13.4. The minimum atomic E-state index is -0.782. The number of amides is 1. The molecule has 1 amide bonds. The predicted molar refractivity (Wildman–Crippen MR) is 232 cm³/mol. The standard InChI is InChI=1S/C48H93NO5/c1-4-7-10-13-16-19-21-23-25-28-30-33-36-39-44(54-48(53)41-38-35-32-29-26-24-22-20-17-14-11-8-5-2)42-47(52)49-45(43-50)46(51)40-37-34-31-27-18-15-12-9-6-3/h19,21,44-46,50-51H,4-18,20,22-43H2,1-3H3,(H,49,52)/b21-19-. The van der Waals surface area contributed by atoms with E-state index in [-0.39, 0.29) is 24.9 Å². The lowest BCUT2D eigenvalue weighted by Gasteiger charge is -2.24. The Morgan fingerprint density at radius 2 is 0.889 bits per heavy atom. The first-order chi connectivity index (χ1) is 26.5. The van der Waals surface area contributed by atoms with Crippen LogP contribution >= 0.6 is 0 Å². The van der Waals surface area contributed by atoms with Crippen molar-refractivity contribution in [2.75, 3.05) is 6.61 Å². The van der Waals surface area contributed by atoms with E-state index < -0.39 is 18.2 Å². The number of rotatable bonds is 43. The van der Waals surface area contributed by atoms with Crippen molar-refractivity contribution in [2.45, 2.75) is 277 Å². The average molecular weight is 764 g/mol. The van der Waals surface area contributed by atoms with Gasteiger partial charge in [-0.1, -0.05) is 206 Å². The van der Waals surface area contributed by atoms with E-state index in [0.717, 1.165) is 64.2 Å². The molecule has 0 aliphatic carbocycles. The molecule has 0 spiro atoms. The summed E-state index contributed by atoms with van der Waals surface area (Å²) in [4.78, 5) is 26.0. The monoisotopic (exact) mass is 764 g/mol. The fourth-order valence-corrected chi connectivity index (χ4v) is 7.43. The molecule has 0 aromatic rings. The zero-order valence-electron chi connectivity index (χ0n) is 36.4. The summed E-state index contributed by atoms with van der Waals surface area (Å²) in [5.41, 5.74) is 0. The van der Waals surface area contributed by atoms with Crippen LogP contribution in [0.25, 0.3) is 0 Å². The first-order valence-electron chi connectivity index (χ1n) is 23.9. The largest absolute Gasteiger partial charge is 0.462 e. The molecule has 0 bridgehead atoms. The summed E-state index contributed by atoms with van der Waals surface area (Å²) < 4.78 is 5.91. The molecule has 0 aliphatic rings. The third-order valence-corrected chi connectivity index (χ3v) is 11.1. The van der Waals surface area contributed by atoms with Gasteiger partial charge >= 0.3 is 5.97 Å². The first kappa shape index (κ1) is 52.6. The number of carbonyl (C=O) groups is 2. The van der Waals surface area contributed by atoms with Crippen molar-refractivity contribution in [1.29, 1.82) is 0 Å². The summed E-state index contributed by atoms with van der Waals surface area (Å²) in [6.45, 7) is 6.45. The van der Waals surface area contributed by atoms with Gasteiger partial charge in [0.1, 0.15) is 6.10 Å². The molecule has 0 rings (SSSR count). The molecular formula is C48H93NO5. The van der Waals surface area contributed by atoms with Crippen molar-refractivity contribution in [1.82, 2.24) is 5.32 Å². The van der Waals surface area contributed by atoms with Gasteiger partial charge in [-0.15, -0.1) is 0 Å². The second kappa shape index (κ2) is 42.7. The third kappa shape index (κ3) is 37.5. The zero-order valence-corrected chi connectivity index (χ0v) is 36.4. The van der Waals surface area contributed by atoms with Crippen molar-refractivity contribution in [2.24, 2.45) is 0 Å². The van der Waals surface area contributed by atoms with Crippen molar-refractivity contribution < 1.29 is 24.5 Å². The summed E-state index contributed by atoms with van der Waals surface area (Å²) >= 11 is 0. The van der Waals surface area contributed by atoms with E-state index in [0.29, 0.717) is 19.3 Å². The van der Waals surface area contributed by atoms with Crippen LogP contribution in [0.3, 0.4) is 0 Å². The fraction of sp³-hybridized carbons (Fsp3) is 0.917. The van der Waals surface area contributed by atoms with Gasteiger partial charge in [-0.05, 0) is 51.4 Å². The van der Waals surface area contributed by atoms with Gasteiger partial charge in [0.15, 0.2) is 0 Å². The topological polar surface area (TPSA) is 95.9 Å². The highest BCUT2D eigenvalue weighted by Gasteiger charge is 2.24. The Balaban J connectivity index is 4.57. The molecule has 0 aromatic heterocycles. The molecule has 0 heterocycles. The highest BCUT2D eigenvalue weighted by molar-refractivity contribution is 5.77. The van der Waals surface area contributed by atoms with E-state index in [9.17, 15) is 19.8 Å². The summed E-state index contributed by atoms with van der Waals surface area (Å²) in [5.74, 6) is -0.470. The molecule has 0 fully saturated rings. The van der Waals surface area contributed by atoms with Gasteiger partial charge in [-0.2, -0.15) is 0 Å². The van der Waals surface area contributed by atoms with Crippen LogP contribution in [0.4, 0.5) is 0 Å². The van der Waals surface area contributed by atoms with Crippen LogP contribution in [-0.2, 0) is 14.3 Å². The number of carbonyl (C=O) groups excluding carboxylic acids is 2. The number of aliphatic hydroxyl groups excluding tert-OH is 2. The number of aliphatic hydroxyl groups is 2. The minimum absolute atomic E-state index is 0.0780. The maximum absolute atomic E-state index is 13.1. The summed E-state index contributed by atoms with van der Waals surface area (Å²) in [5, 5.41) is 23.6. The van der Waals surface area contributed by atoms with Crippen LogP contribution in [0, 0.1) is 0 Å². The Morgan fingerprint density at radius 1 is 0.519 bits per heavy atom. The molecule has 0 aliphatic heterocycles. The van der Waals surface area contributed by atoms with Gasteiger partial charge in [-0.3, -0.25) is 9.59 Å². The van der Waals surface area contributed by atoms with Gasteiger partial charge in [0.2, 0.25) is 5.91 Å². The van der Waals surface area contributed by atoms with E-state index in [1.165, 1.54) is 148 Å². The second-order valence-electron chi connectivity index (χ2n) is 16.5. The third-order valence-electron chi connectivity index (χ3n) is 11.1. The lowest BCUT2D eigenvalue weighted by molar-refractivity contribution is -0.151. The summed E-state index contributed by atoms with van der Waals surface area (Å²) in [6, 6.07) is -0.695. The zero-order chi connectivity index (χ0) is 39.6. The lowest BCUT2D eigenvalue weighted by Crippen LogP contribution is -2.46. The Bertz CT molecular complexity index is 817. The molecule has 0 saturated heterocycles. The number of hydrogen-bond acceptors (Lipinski definition) is 5. The van der Waals surface area contributed by atoms with Gasteiger partial charge in [0.05, 0.1) is 25.2 Å². The Labute approximate surface area is 336 Å². The smallest absolute Gasteiger partial charge is 0.306 e. The number of esters is 1. The maximum Gasteiger partial charge on any atom is 0.306 e.